The third-order valence-corrected chi connectivity index (χ3v) is 5.61. The number of aromatic hydroxyl groups is 4. The molecule has 1 fully saturated rings. The number of rotatable bonds is 8. The highest BCUT2D eigenvalue weighted by atomic mass is 16.3. The molecule has 1 aliphatic rings. The number of aliphatic hydroxyl groups excluding tert-OH is 1. The number of benzene rings is 2. The van der Waals surface area contributed by atoms with Crippen LogP contribution in [0.15, 0.2) is 36.4 Å². The zero-order valence-corrected chi connectivity index (χ0v) is 16.4. The lowest BCUT2D eigenvalue weighted by Gasteiger charge is -2.30. The maximum Gasteiger partial charge on any atom is 0.157 e. The predicted molar refractivity (Wildman–Crippen MR) is 110 cm³/mol. The first-order valence-corrected chi connectivity index (χ1v) is 10.1. The number of aliphatic hydroxyl groups is 1. The van der Waals surface area contributed by atoms with Crippen LogP contribution in [0.4, 0.5) is 0 Å². The monoisotopic (exact) mass is 402 g/mol. The molecule has 0 spiro atoms. The lowest BCUT2D eigenvalue weighted by molar-refractivity contribution is 0.123. The molecule has 2 aromatic rings. The number of nitrogens with one attached hydrogen (secondary N) is 2. The fourth-order valence-corrected chi connectivity index (χ4v) is 3.98. The predicted octanol–water partition coefficient (Wildman–Crippen LogP) is 2.69. The minimum atomic E-state index is -0.887. The van der Waals surface area contributed by atoms with E-state index in [2.05, 4.69) is 10.6 Å². The molecule has 2 aromatic carbocycles. The molecule has 1 aliphatic carbocycles. The second-order valence-corrected chi connectivity index (χ2v) is 7.91. The molecule has 0 aromatic heterocycles. The summed E-state index contributed by atoms with van der Waals surface area (Å²) in [6, 6.07) is 9.17. The van der Waals surface area contributed by atoms with Crippen molar-refractivity contribution < 1.29 is 25.5 Å². The summed E-state index contributed by atoms with van der Waals surface area (Å²) in [6.45, 7) is 2.20. The van der Waals surface area contributed by atoms with Crippen LogP contribution in [0.1, 0.15) is 43.0 Å². The average Bonchev–Trinajstić information content (AvgIpc) is 2.71. The molecule has 3 rings (SSSR count). The van der Waals surface area contributed by atoms with Gasteiger partial charge in [0.1, 0.15) is 6.23 Å². The smallest absolute Gasteiger partial charge is 0.157 e. The summed E-state index contributed by atoms with van der Waals surface area (Å²) in [5.41, 5.74) is 1.45. The first kappa shape index (κ1) is 21.2. The molecular weight excluding hydrogens is 372 g/mol. The van der Waals surface area contributed by atoms with Crippen LogP contribution in [0.5, 0.6) is 23.0 Å². The Hall–Kier alpha value is -2.48. The Balaban J connectivity index is 1.41. The number of phenols is 4. The fourth-order valence-electron chi connectivity index (χ4n) is 3.98. The normalized spacial score (nSPS) is 20.4. The van der Waals surface area contributed by atoms with Gasteiger partial charge in [0.15, 0.2) is 23.0 Å². The number of hydrogen-bond donors (Lipinski definition) is 7. The van der Waals surface area contributed by atoms with Crippen molar-refractivity contribution >= 4 is 0 Å². The summed E-state index contributed by atoms with van der Waals surface area (Å²) in [5.74, 6) is 0.361. The van der Waals surface area contributed by atoms with Gasteiger partial charge in [-0.2, -0.15) is 0 Å². The highest BCUT2D eigenvalue weighted by molar-refractivity contribution is 5.41. The van der Waals surface area contributed by atoms with Gasteiger partial charge in [0.2, 0.25) is 0 Å². The Morgan fingerprint density at radius 2 is 1.48 bits per heavy atom. The lowest BCUT2D eigenvalue weighted by Crippen LogP contribution is -2.33. The molecule has 158 valence electrons. The van der Waals surface area contributed by atoms with Crippen LogP contribution in [-0.4, -0.2) is 38.6 Å². The van der Waals surface area contributed by atoms with Gasteiger partial charge in [-0.25, -0.2) is 0 Å². The van der Waals surface area contributed by atoms with Crippen LogP contribution in [0, 0.1) is 11.8 Å². The highest BCUT2D eigenvalue weighted by Gasteiger charge is 2.22. The molecule has 0 heterocycles. The Bertz CT molecular complexity index is 814. The van der Waals surface area contributed by atoms with Crippen molar-refractivity contribution in [2.24, 2.45) is 11.8 Å². The quantitative estimate of drug-likeness (QED) is 0.267. The minimum absolute atomic E-state index is 0.103. The lowest BCUT2D eigenvalue weighted by atomic mass is 9.81. The molecule has 0 amide bonds. The maximum absolute atomic E-state index is 10.3. The fraction of sp³-hybridized carbons (Fsp3) is 0.455. The summed E-state index contributed by atoms with van der Waals surface area (Å²) in [6.07, 6.45) is 3.60. The Labute approximate surface area is 170 Å². The van der Waals surface area contributed by atoms with Gasteiger partial charge >= 0.3 is 0 Å². The van der Waals surface area contributed by atoms with Gasteiger partial charge in [-0.05, 0) is 73.0 Å². The van der Waals surface area contributed by atoms with E-state index in [1.54, 1.807) is 18.2 Å². The minimum Gasteiger partial charge on any atom is -0.504 e. The maximum atomic E-state index is 10.3. The third kappa shape index (κ3) is 6.00. The third-order valence-electron chi connectivity index (χ3n) is 5.61. The standard InChI is InChI=1S/C22H30N2O5/c25-18-6-4-16(9-20(18)27)12-23-11-14-2-1-3-15(8-14)13-24-22(29)17-5-7-19(26)21(28)10-17/h4-7,9-10,14-15,22-29H,1-3,8,11-13H2. The molecule has 3 unspecified atom stereocenters. The topological polar surface area (TPSA) is 125 Å². The summed E-state index contributed by atoms with van der Waals surface area (Å²) >= 11 is 0. The van der Waals surface area contributed by atoms with Gasteiger partial charge in [0, 0.05) is 13.1 Å². The van der Waals surface area contributed by atoms with E-state index < -0.39 is 6.23 Å². The van der Waals surface area contributed by atoms with Crippen LogP contribution in [0.25, 0.3) is 0 Å². The van der Waals surface area contributed by atoms with Crippen molar-refractivity contribution in [3.05, 3.63) is 47.5 Å². The second-order valence-electron chi connectivity index (χ2n) is 7.91. The average molecular weight is 402 g/mol. The summed E-state index contributed by atoms with van der Waals surface area (Å²) in [4.78, 5) is 0. The van der Waals surface area contributed by atoms with E-state index in [1.807, 2.05) is 0 Å². The van der Waals surface area contributed by atoms with E-state index in [1.165, 1.54) is 24.6 Å². The van der Waals surface area contributed by atoms with Gasteiger partial charge in [-0.3, -0.25) is 5.32 Å². The van der Waals surface area contributed by atoms with Crippen LogP contribution >= 0.6 is 0 Å². The molecule has 0 radical (unpaired) electrons. The Kier molecular flexibility index (Phi) is 7.19. The molecular formula is C22H30N2O5. The number of phenolic OH excluding ortho intramolecular Hbond substituents is 4. The molecule has 7 N–H and O–H groups in total. The molecule has 7 heteroatoms. The molecule has 29 heavy (non-hydrogen) atoms. The van der Waals surface area contributed by atoms with Crippen molar-refractivity contribution in [2.75, 3.05) is 13.1 Å². The first-order chi connectivity index (χ1) is 13.9. The zero-order valence-electron chi connectivity index (χ0n) is 16.4. The van der Waals surface area contributed by atoms with Crippen LogP contribution in [0.3, 0.4) is 0 Å². The van der Waals surface area contributed by atoms with Crippen molar-refractivity contribution in [2.45, 2.75) is 38.5 Å². The number of hydrogen-bond acceptors (Lipinski definition) is 7. The van der Waals surface area contributed by atoms with Gasteiger partial charge < -0.3 is 30.8 Å². The first-order valence-electron chi connectivity index (χ1n) is 10.1. The van der Waals surface area contributed by atoms with Crippen molar-refractivity contribution in [3.63, 3.8) is 0 Å². The van der Waals surface area contributed by atoms with E-state index in [0.717, 1.165) is 31.4 Å². The Morgan fingerprint density at radius 3 is 2.17 bits per heavy atom. The van der Waals surface area contributed by atoms with Crippen LogP contribution in [0.2, 0.25) is 0 Å². The molecule has 7 nitrogen and oxygen atoms in total. The van der Waals surface area contributed by atoms with Crippen molar-refractivity contribution in [1.29, 1.82) is 0 Å². The zero-order chi connectivity index (χ0) is 20.8. The molecule has 1 saturated carbocycles. The highest BCUT2D eigenvalue weighted by Crippen LogP contribution is 2.30. The van der Waals surface area contributed by atoms with Crippen LogP contribution in [-0.2, 0) is 6.54 Å². The van der Waals surface area contributed by atoms with E-state index in [-0.39, 0.29) is 23.0 Å². The van der Waals surface area contributed by atoms with E-state index in [0.29, 0.717) is 30.5 Å². The van der Waals surface area contributed by atoms with Gasteiger partial charge in [-0.15, -0.1) is 0 Å². The van der Waals surface area contributed by atoms with E-state index >= 15 is 0 Å². The van der Waals surface area contributed by atoms with Crippen molar-refractivity contribution in [3.8, 4) is 23.0 Å². The Morgan fingerprint density at radius 1 is 0.828 bits per heavy atom. The van der Waals surface area contributed by atoms with Gasteiger partial charge in [0.25, 0.3) is 0 Å². The molecule has 0 aliphatic heterocycles. The molecule has 0 bridgehead atoms. The van der Waals surface area contributed by atoms with Crippen molar-refractivity contribution in [1.82, 2.24) is 10.6 Å². The van der Waals surface area contributed by atoms with Crippen LogP contribution < -0.4 is 10.6 Å². The summed E-state index contributed by atoms with van der Waals surface area (Å²) in [5, 5.41) is 54.7. The van der Waals surface area contributed by atoms with E-state index in [4.69, 9.17) is 0 Å². The molecule has 0 saturated heterocycles. The second kappa shape index (κ2) is 9.82. The molecule has 3 atom stereocenters. The van der Waals surface area contributed by atoms with Gasteiger partial charge in [-0.1, -0.05) is 18.6 Å². The largest absolute Gasteiger partial charge is 0.504 e. The summed E-state index contributed by atoms with van der Waals surface area (Å²) < 4.78 is 0. The SMILES string of the molecule is Oc1ccc(CNCC2CCCC(CNC(O)c3ccc(O)c(O)c3)C2)cc1O. The van der Waals surface area contributed by atoms with Gasteiger partial charge in [0.05, 0.1) is 0 Å². The van der Waals surface area contributed by atoms with E-state index in [9.17, 15) is 25.5 Å². The summed E-state index contributed by atoms with van der Waals surface area (Å²) in [7, 11) is 0.